The molecule has 0 radical (unpaired) electrons. The molecule has 1 aliphatic rings. The topological polar surface area (TPSA) is 39.8 Å². The second-order valence-corrected chi connectivity index (χ2v) is 6.21. The number of Topliss-reactive ketones (excluding diaryl/α,β-unsaturated/α-hetero) is 1. The van der Waals surface area contributed by atoms with E-state index in [4.69, 9.17) is 0 Å². The summed E-state index contributed by atoms with van der Waals surface area (Å²) < 4.78 is 4.22. The first-order valence-corrected chi connectivity index (χ1v) is 7.74. The molecule has 4 heteroatoms. The molecule has 2 heterocycles. The van der Waals surface area contributed by atoms with Crippen molar-refractivity contribution in [3.8, 4) is 0 Å². The molecule has 22 heavy (non-hydrogen) atoms. The lowest BCUT2D eigenvalue weighted by Crippen LogP contribution is -2.26. The first kappa shape index (κ1) is 13.3. The van der Waals surface area contributed by atoms with E-state index < -0.39 is 0 Å². The molecule has 0 saturated heterocycles. The molecule has 0 fully saturated rings. The van der Waals surface area contributed by atoms with Crippen molar-refractivity contribution in [2.45, 2.75) is 26.3 Å². The van der Waals surface area contributed by atoms with E-state index in [2.05, 4.69) is 28.7 Å². The van der Waals surface area contributed by atoms with Crippen molar-refractivity contribution in [2.24, 2.45) is 13.0 Å². The Bertz CT molecular complexity index is 872. The predicted molar refractivity (Wildman–Crippen MR) is 86.0 cm³/mol. The number of fused-ring (bicyclic) bond motifs is 3. The van der Waals surface area contributed by atoms with Crippen LogP contribution in [0, 0.1) is 12.8 Å². The number of aromatic nitrogens is 3. The number of para-hydroxylation sites is 1. The third-order valence-electron chi connectivity index (χ3n) is 4.77. The number of hydrogen-bond donors (Lipinski definition) is 0. The highest BCUT2D eigenvalue weighted by Gasteiger charge is 2.31. The van der Waals surface area contributed by atoms with Gasteiger partial charge in [-0.25, -0.2) is 4.98 Å². The number of carbonyl (C=O) groups excluding carboxylic acids is 1. The molecule has 112 valence electrons. The van der Waals surface area contributed by atoms with Crippen molar-refractivity contribution >= 4 is 16.7 Å². The van der Waals surface area contributed by atoms with Gasteiger partial charge in [0.15, 0.2) is 5.78 Å². The van der Waals surface area contributed by atoms with Gasteiger partial charge in [0, 0.05) is 47.9 Å². The molecule has 0 N–H and O–H groups in total. The molecule has 4 nitrogen and oxygen atoms in total. The maximum atomic E-state index is 13.0. The molecule has 1 unspecified atom stereocenters. The fourth-order valence-electron chi connectivity index (χ4n) is 3.66. The van der Waals surface area contributed by atoms with Gasteiger partial charge in [-0.1, -0.05) is 18.2 Å². The maximum Gasteiger partial charge on any atom is 0.170 e. The van der Waals surface area contributed by atoms with Crippen LogP contribution in [0.3, 0.4) is 0 Å². The fourth-order valence-corrected chi connectivity index (χ4v) is 3.66. The van der Waals surface area contributed by atoms with Crippen LogP contribution in [-0.2, 0) is 20.0 Å². The Balaban J connectivity index is 1.75. The number of ketones is 1. The van der Waals surface area contributed by atoms with Crippen LogP contribution in [0.15, 0.2) is 36.8 Å². The van der Waals surface area contributed by atoms with E-state index in [1.807, 2.05) is 36.1 Å². The van der Waals surface area contributed by atoms with Crippen LogP contribution in [0.5, 0.6) is 0 Å². The van der Waals surface area contributed by atoms with Gasteiger partial charge in [0.05, 0.1) is 12.0 Å². The second-order valence-electron chi connectivity index (χ2n) is 6.21. The zero-order chi connectivity index (χ0) is 15.3. The van der Waals surface area contributed by atoms with Gasteiger partial charge < -0.3 is 9.13 Å². The number of rotatable bonds is 2. The minimum absolute atomic E-state index is 0.0481. The van der Waals surface area contributed by atoms with Crippen molar-refractivity contribution in [3.05, 3.63) is 53.7 Å². The zero-order valence-corrected chi connectivity index (χ0v) is 12.9. The van der Waals surface area contributed by atoms with Crippen molar-refractivity contribution in [1.29, 1.82) is 0 Å². The molecule has 4 rings (SSSR count). The van der Waals surface area contributed by atoms with Gasteiger partial charge in [-0.05, 0) is 25.8 Å². The molecule has 0 amide bonds. The van der Waals surface area contributed by atoms with Crippen LogP contribution in [0.2, 0.25) is 0 Å². The molecule has 0 aliphatic heterocycles. The predicted octanol–water partition coefficient (Wildman–Crippen LogP) is 3.13. The Kier molecular flexibility index (Phi) is 2.93. The number of imidazole rings is 1. The van der Waals surface area contributed by atoms with Gasteiger partial charge in [-0.3, -0.25) is 4.79 Å². The summed E-state index contributed by atoms with van der Waals surface area (Å²) in [4.78, 5) is 17.3. The monoisotopic (exact) mass is 293 g/mol. The summed E-state index contributed by atoms with van der Waals surface area (Å²) in [5.74, 6) is 0.330. The van der Waals surface area contributed by atoms with E-state index >= 15 is 0 Å². The van der Waals surface area contributed by atoms with E-state index in [0.29, 0.717) is 0 Å². The summed E-state index contributed by atoms with van der Waals surface area (Å²) in [7, 11) is 2.06. The van der Waals surface area contributed by atoms with Crippen molar-refractivity contribution in [2.75, 3.05) is 0 Å². The number of hydrogen-bond acceptors (Lipinski definition) is 2. The van der Waals surface area contributed by atoms with Crippen molar-refractivity contribution in [3.63, 3.8) is 0 Å². The highest BCUT2D eigenvalue weighted by molar-refractivity contribution is 6.11. The minimum atomic E-state index is 0.0481. The highest BCUT2D eigenvalue weighted by Crippen LogP contribution is 2.34. The quantitative estimate of drug-likeness (QED) is 0.728. The largest absolute Gasteiger partial charge is 0.347 e. The smallest absolute Gasteiger partial charge is 0.170 e. The molecular formula is C18H19N3O. The Hall–Kier alpha value is -2.36. The van der Waals surface area contributed by atoms with Crippen LogP contribution in [0.4, 0.5) is 0 Å². The molecule has 0 spiro atoms. The average molecular weight is 293 g/mol. The summed E-state index contributed by atoms with van der Waals surface area (Å²) >= 11 is 0. The number of nitrogens with zero attached hydrogens (tertiary/aromatic N) is 3. The van der Waals surface area contributed by atoms with Crippen LogP contribution in [-0.4, -0.2) is 19.9 Å². The van der Waals surface area contributed by atoms with E-state index in [9.17, 15) is 4.79 Å². The molecule has 1 aliphatic carbocycles. The Morgan fingerprint density at radius 2 is 2.14 bits per heavy atom. The molecule has 3 aromatic rings. The van der Waals surface area contributed by atoms with Crippen molar-refractivity contribution in [1.82, 2.24) is 14.1 Å². The van der Waals surface area contributed by atoms with Gasteiger partial charge in [-0.2, -0.15) is 0 Å². The van der Waals surface area contributed by atoms with E-state index in [1.165, 1.54) is 5.69 Å². The molecule has 1 atom stereocenters. The lowest BCUT2D eigenvalue weighted by Gasteiger charge is -2.22. The van der Waals surface area contributed by atoms with Gasteiger partial charge in [-0.15, -0.1) is 0 Å². The molecule has 2 aromatic heterocycles. The molecular weight excluding hydrogens is 274 g/mol. The van der Waals surface area contributed by atoms with E-state index in [1.54, 1.807) is 0 Å². The van der Waals surface area contributed by atoms with Crippen LogP contribution in [0.25, 0.3) is 10.9 Å². The van der Waals surface area contributed by atoms with Crippen LogP contribution >= 0.6 is 0 Å². The third kappa shape index (κ3) is 1.90. The molecule has 1 aromatic carbocycles. The van der Waals surface area contributed by atoms with Crippen LogP contribution in [0.1, 0.15) is 28.2 Å². The highest BCUT2D eigenvalue weighted by atomic mass is 16.1. The summed E-state index contributed by atoms with van der Waals surface area (Å²) in [6.45, 7) is 2.70. The lowest BCUT2D eigenvalue weighted by atomic mass is 9.85. The second kappa shape index (κ2) is 4.83. The van der Waals surface area contributed by atoms with E-state index in [-0.39, 0.29) is 11.7 Å². The van der Waals surface area contributed by atoms with Gasteiger partial charge >= 0.3 is 0 Å². The fraction of sp³-hybridized carbons (Fsp3) is 0.333. The van der Waals surface area contributed by atoms with Gasteiger partial charge in [0.2, 0.25) is 0 Å². The summed E-state index contributed by atoms with van der Waals surface area (Å²) in [5.41, 5.74) is 4.27. The summed E-state index contributed by atoms with van der Waals surface area (Å²) in [6, 6.07) is 8.20. The minimum Gasteiger partial charge on any atom is -0.347 e. The number of benzene rings is 1. The van der Waals surface area contributed by atoms with Gasteiger partial charge in [0.1, 0.15) is 0 Å². The SMILES string of the molecule is Cc1cn(CC2CCc3c(c4ccccc4n3C)C2=O)cn1. The zero-order valence-electron chi connectivity index (χ0n) is 12.9. The number of carbonyl (C=O) groups is 1. The normalized spacial score (nSPS) is 17.9. The van der Waals surface area contributed by atoms with Gasteiger partial charge in [0.25, 0.3) is 0 Å². The Labute approximate surface area is 129 Å². The third-order valence-corrected chi connectivity index (χ3v) is 4.77. The maximum absolute atomic E-state index is 13.0. The molecule has 0 saturated carbocycles. The lowest BCUT2D eigenvalue weighted by molar-refractivity contribution is 0.0888. The molecule has 0 bridgehead atoms. The summed E-state index contributed by atoms with van der Waals surface area (Å²) in [6.07, 6.45) is 5.70. The Morgan fingerprint density at radius 3 is 2.91 bits per heavy atom. The first-order chi connectivity index (χ1) is 10.6. The van der Waals surface area contributed by atoms with E-state index in [0.717, 1.165) is 41.5 Å². The Morgan fingerprint density at radius 1 is 1.32 bits per heavy atom. The standard InChI is InChI=1S/C18H19N3O/c1-12-9-21(11-19-12)10-13-7-8-16-17(18(13)22)14-5-3-4-6-15(14)20(16)2/h3-6,9,11,13H,7-8,10H2,1-2H3. The average Bonchev–Trinajstić information content (AvgIpc) is 3.05. The summed E-state index contributed by atoms with van der Waals surface area (Å²) in [5, 5.41) is 1.09. The number of aryl methyl sites for hydroxylation is 2. The first-order valence-electron chi connectivity index (χ1n) is 7.74. The van der Waals surface area contributed by atoms with Crippen LogP contribution < -0.4 is 0 Å². The van der Waals surface area contributed by atoms with Crippen molar-refractivity contribution < 1.29 is 4.79 Å².